The lowest BCUT2D eigenvalue weighted by molar-refractivity contribution is -0.383. The number of carboxylic acid groups (broad SMARTS) is 1. The molecule has 0 saturated carbocycles. The fourth-order valence-corrected chi connectivity index (χ4v) is 1.97. The van der Waals surface area contributed by atoms with E-state index in [1.807, 2.05) is 26.0 Å². The summed E-state index contributed by atoms with van der Waals surface area (Å²) in [5.74, 6) is -1.22. The maximum absolute atomic E-state index is 11.2. The molecule has 0 heterocycles. The molecule has 21 heavy (non-hydrogen) atoms. The second-order valence-electron chi connectivity index (χ2n) is 4.69. The molecule has 0 saturated heterocycles. The van der Waals surface area contributed by atoms with Gasteiger partial charge in [0.25, 0.3) is 5.69 Å². The molecule has 2 rings (SSSR count). The summed E-state index contributed by atoms with van der Waals surface area (Å²) in [7, 11) is 0. The molecule has 0 aliphatic rings. The van der Waals surface area contributed by atoms with Gasteiger partial charge in [-0.15, -0.1) is 0 Å². The van der Waals surface area contributed by atoms with Crippen molar-refractivity contribution in [1.29, 1.82) is 0 Å². The van der Waals surface area contributed by atoms with Crippen LogP contribution in [0.15, 0.2) is 36.4 Å². The average molecular weight is 286 g/mol. The van der Waals surface area contributed by atoms with Crippen molar-refractivity contribution in [1.82, 2.24) is 0 Å². The van der Waals surface area contributed by atoms with E-state index in [0.29, 0.717) is 5.69 Å². The molecule has 2 N–H and O–H groups in total. The Bertz CT molecular complexity index is 693. The monoisotopic (exact) mass is 286 g/mol. The SMILES string of the molecule is Cc1ccc(Nc2c(C(=O)O)cccc2[N+](=O)[O-])cc1C. The lowest BCUT2D eigenvalue weighted by Crippen LogP contribution is -2.06. The Morgan fingerprint density at radius 1 is 1.19 bits per heavy atom. The molecule has 6 nitrogen and oxygen atoms in total. The van der Waals surface area contributed by atoms with Crippen LogP contribution in [-0.2, 0) is 0 Å². The van der Waals surface area contributed by atoms with Crippen LogP contribution in [0.2, 0.25) is 0 Å². The highest BCUT2D eigenvalue weighted by molar-refractivity contribution is 5.98. The van der Waals surface area contributed by atoms with E-state index in [-0.39, 0.29) is 16.9 Å². The zero-order valence-electron chi connectivity index (χ0n) is 11.6. The molecule has 0 atom stereocenters. The Morgan fingerprint density at radius 2 is 1.90 bits per heavy atom. The lowest BCUT2D eigenvalue weighted by Gasteiger charge is -2.11. The number of nitro benzene ring substituents is 1. The van der Waals surface area contributed by atoms with Gasteiger partial charge in [0.1, 0.15) is 5.69 Å². The Labute approximate surface area is 121 Å². The van der Waals surface area contributed by atoms with E-state index < -0.39 is 10.9 Å². The number of aromatic carboxylic acids is 1. The van der Waals surface area contributed by atoms with Gasteiger partial charge in [-0.3, -0.25) is 10.1 Å². The fraction of sp³-hybridized carbons (Fsp3) is 0.133. The molecule has 0 aliphatic heterocycles. The maximum Gasteiger partial charge on any atom is 0.338 e. The van der Waals surface area contributed by atoms with Crippen LogP contribution < -0.4 is 5.32 Å². The van der Waals surface area contributed by atoms with Crippen LogP contribution in [0.3, 0.4) is 0 Å². The Kier molecular flexibility index (Phi) is 3.89. The van der Waals surface area contributed by atoms with Crippen molar-refractivity contribution in [3.8, 4) is 0 Å². The molecule has 0 spiro atoms. The highest BCUT2D eigenvalue weighted by atomic mass is 16.6. The van der Waals surface area contributed by atoms with Crippen molar-refractivity contribution in [2.45, 2.75) is 13.8 Å². The third-order valence-corrected chi connectivity index (χ3v) is 3.25. The van der Waals surface area contributed by atoms with Gasteiger partial charge in [-0.1, -0.05) is 12.1 Å². The molecule has 2 aromatic rings. The summed E-state index contributed by atoms with van der Waals surface area (Å²) in [6.45, 7) is 3.87. The highest BCUT2D eigenvalue weighted by Gasteiger charge is 2.21. The molecule has 0 aliphatic carbocycles. The molecule has 6 heteroatoms. The first-order valence-electron chi connectivity index (χ1n) is 6.25. The third-order valence-electron chi connectivity index (χ3n) is 3.25. The summed E-state index contributed by atoms with van der Waals surface area (Å²) >= 11 is 0. The largest absolute Gasteiger partial charge is 0.478 e. The van der Waals surface area contributed by atoms with Crippen LogP contribution in [0.1, 0.15) is 21.5 Å². The third kappa shape index (κ3) is 3.00. The van der Waals surface area contributed by atoms with Gasteiger partial charge in [-0.2, -0.15) is 0 Å². The van der Waals surface area contributed by atoms with E-state index >= 15 is 0 Å². The molecular weight excluding hydrogens is 272 g/mol. The molecule has 0 bridgehead atoms. The molecule has 0 amide bonds. The van der Waals surface area contributed by atoms with E-state index in [0.717, 1.165) is 11.1 Å². The normalized spacial score (nSPS) is 10.2. The van der Waals surface area contributed by atoms with Gasteiger partial charge in [-0.25, -0.2) is 4.79 Å². The highest BCUT2D eigenvalue weighted by Crippen LogP contribution is 2.31. The predicted octanol–water partition coefficient (Wildman–Crippen LogP) is 3.65. The van der Waals surface area contributed by atoms with Crippen molar-refractivity contribution in [2.24, 2.45) is 0 Å². The number of rotatable bonds is 4. The molecule has 0 fully saturated rings. The first-order chi connectivity index (χ1) is 9.90. The number of carbonyl (C=O) groups is 1. The van der Waals surface area contributed by atoms with E-state index in [4.69, 9.17) is 0 Å². The summed E-state index contributed by atoms with van der Waals surface area (Å²) < 4.78 is 0. The fourth-order valence-electron chi connectivity index (χ4n) is 1.97. The van der Waals surface area contributed by atoms with Gasteiger partial charge >= 0.3 is 5.97 Å². The Balaban J connectivity index is 2.53. The van der Waals surface area contributed by atoms with Crippen molar-refractivity contribution < 1.29 is 14.8 Å². The van der Waals surface area contributed by atoms with Crippen LogP contribution in [-0.4, -0.2) is 16.0 Å². The minimum Gasteiger partial charge on any atom is -0.478 e. The Hall–Kier alpha value is -2.89. The minimum absolute atomic E-state index is 0.0155. The zero-order valence-corrected chi connectivity index (χ0v) is 11.6. The van der Waals surface area contributed by atoms with Gasteiger partial charge in [0, 0.05) is 11.8 Å². The summed E-state index contributed by atoms with van der Waals surface area (Å²) in [6, 6.07) is 9.40. The van der Waals surface area contributed by atoms with E-state index in [9.17, 15) is 20.0 Å². The standard InChI is InChI=1S/C15H14N2O4/c1-9-6-7-11(8-10(9)2)16-14-12(15(18)19)4-3-5-13(14)17(20)21/h3-8,16H,1-2H3,(H,18,19). The smallest absolute Gasteiger partial charge is 0.338 e. The number of benzene rings is 2. The van der Waals surface area contributed by atoms with Gasteiger partial charge in [-0.05, 0) is 43.2 Å². The van der Waals surface area contributed by atoms with Gasteiger partial charge in [0.2, 0.25) is 0 Å². The van der Waals surface area contributed by atoms with E-state index in [2.05, 4.69) is 5.32 Å². The molecule has 108 valence electrons. The molecular formula is C15H14N2O4. The Morgan fingerprint density at radius 3 is 2.48 bits per heavy atom. The summed E-state index contributed by atoms with van der Waals surface area (Å²) in [4.78, 5) is 21.7. The number of nitrogens with one attached hydrogen (secondary N) is 1. The van der Waals surface area contributed by atoms with Gasteiger partial charge < -0.3 is 10.4 Å². The van der Waals surface area contributed by atoms with E-state index in [1.54, 1.807) is 6.07 Å². The van der Waals surface area contributed by atoms with Gasteiger partial charge in [0.15, 0.2) is 0 Å². The number of nitro groups is 1. The van der Waals surface area contributed by atoms with Crippen molar-refractivity contribution in [2.75, 3.05) is 5.32 Å². The molecule has 2 aromatic carbocycles. The predicted molar refractivity (Wildman–Crippen MR) is 79.3 cm³/mol. The molecule has 0 unspecified atom stereocenters. The number of aryl methyl sites for hydroxylation is 2. The summed E-state index contributed by atoms with van der Waals surface area (Å²) in [6.07, 6.45) is 0. The van der Waals surface area contributed by atoms with E-state index in [1.165, 1.54) is 18.2 Å². The first-order valence-corrected chi connectivity index (χ1v) is 6.25. The van der Waals surface area contributed by atoms with Crippen LogP contribution in [0.5, 0.6) is 0 Å². The van der Waals surface area contributed by atoms with Crippen LogP contribution in [0.4, 0.5) is 17.1 Å². The first kappa shape index (κ1) is 14.5. The summed E-state index contributed by atoms with van der Waals surface area (Å²) in [5.41, 5.74) is 2.28. The maximum atomic E-state index is 11.2. The van der Waals surface area contributed by atoms with Crippen molar-refractivity contribution in [3.63, 3.8) is 0 Å². The van der Waals surface area contributed by atoms with Gasteiger partial charge in [0.05, 0.1) is 10.5 Å². The quantitative estimate of drug-likeness (QED) is 0.661. The van der Waals surface area contributed by atoms with Crippen molar-refractivity contribution in [3.05, 3.63) is 63.2 Å². The van der Waals surface area contributed by atoms with Crippen LogP contribution in [0, 0.1) is 24.0 Å². The molecule has 0 aromatic heterocycles. The average Bonchev–Trinajstić information content (AvgIpc) is 2.42. The van der Waals surface area contributed by atoms with Crippen molar-refractivity contribution >= 4 is 23.0 Å². The molecule has 0 radical (unpaired) electrons. The number of carboxylic acids is 1. The minimum atomic E-state index is -1.22. The number of hydrogen-bond donors (Lipinski definition) is 2. The number of nitrogens with zero attached hydrogens (tertiary/aromatic N) is 1. The summed E-state index contributed by atoms with van der Waals surface area (Å²) in [5, 5.41) is 23.1. The second kappa shape index (κ2) is 5.62. The second-order valence-corrected chi connectivity index (χ2v) is 4.69. The number of hydrogen-bond acceptors (Lipinski definition) is 4. The zero-order chi connectivity index (χ0) is 15.6. The topological polar surface area (TPSA) is 92.5 Å². The number of para-hydroxylation sites is 1. The van der Waals surface area contributed by atoms with Crippen LogP contribution in [0.25, 0.3) is 0 Å². The van der Waals surface area contributed by atoms with Crippen LogP contribution >= 0.6 is 0 Å². The number of anilines is 2. The lowest BCUT2D eigenvalue weighted by atomic mass is 10.1.